The Morgan fingerprint density at radius 3 is 2.12 bits per heavy atom. The number of hydrogen-bond acceptors (Lipinski definition) is 6. The molecule has 0 aliphatic carbocycles. The van der Waals surface area contributed by atoms with Crippen LogP contribution in [0.4, 0.5) is 0 Å². The van der Waals surface area contributed by atoms with Crippen LogP contribution in [0.2, 0.25) is 0 Å². The number of nitrogens with zero attached hydrogens (tertiary/aromatic N) is 1. The van der Waals surface area contributed by atoms with Gasteiger partial charge in [0.2, 0.25) is 10.2 Å². The smallest absolute Gasteiger partial charge is 0.206 e. The molecule has 0 unspecified atom stereocenters. The lowest BCUT2D eigenvalue weighted by Crippen LogP contribution is -2.45. The fraction of sp³-hybridized carbons (Fsp3) is 0.778. The van der Waals surface area contributed by atoms with Gasteiger partial charge in [0, 0.05) is 13.1 Å². The maximum absolute atomic E-state index is 5.60. The van der Waals surface area contributed by atoms with Crippen LogP contribution in [0.15, 0.2) is 10.2 Å². The first-order valence-corrected chi connectivity index (χ1v) is 7.60. The Bertz CT molecular complexity index is 302. The molecule has 90 valence electrons. The molecular formula is C9H12BrNO3S2. The van der Waals surface area contributed by atoms with E-state index >= 15 is 0 Å². The van der Waals surface area contributed by atoms with Crippen LogP contribution in [0.5, 0.6) is 0 Å². The monoisotopic (exact) mass is 325 g/mol. The summed E-state index contributed by atoms with van der Waals surface area (Å²) >= 11 is 7.16. The fourth-order valence-electron chi connectivity index (χ4n) is 1.74. The molecule has 3 aliphatic heterocycles. The molecule has 0 bridgehead atoms. The Hall–Kier alpha value is 0.440. The van der Waals surface area contributed by atoms with Crippen LogP contribution < -0.4 is 0 Å². The van der Waals surface area contributed by atoms with Gasteiger partial charge in [-0.05, 0) is 39.5 Å². The van der Waals surface area contributed by atoms with Crippen molar-refractivity contribution in [1.29, 1.82) is 0 Å². The van der Waals surface area contributed by atoms with Crippen molar-refractivity contribution in [1.82, 2.24) is 4.90 Å². The highest BCUT2D eigenvalue weighted by molar-refractivity contribution is 9.14. The minimum atomic E-state index is -0.175. The van der Waals surface area contributed by atoms with Crippen molar-refractivity contribution in [2.45, 2.75) is 3.11 Å². The Balaban J connectivity index is 1.72. The maximum atomic E-state index is 5.60. The van der Waals surface area contributed by atoms with Gasteiger partial charge in [-0.3, -0.25) is 4.90 Å². The predicted molar refractivity (Wildman–Crippen MR) is 68.2 cm³/mol. The van der Waals surface area contributed by atoms with E-state index < -0.39 is 0 Å². The van der Waals surface area contributed by atoms with Gasteiger partial charge in [-0.15, -0.1) is 0 Å². The Labute approximate surface area is 111 Å². The zero-order valence-electron chi connectivity index (χ0n) is 8.61. The second-order valence-corrected chi connectivity index (χ2v) is 8.37. The molecule has 1 saturated heterocycles. The summed E-state index contributed by atoms with van der Waals surface area (Å²) in [7, 11) is 0. The van der Waals surface area contributed by atoms with Crippen molar-refractivity contribution >= 4 is 39.5 Å². The number of thioether (sulfide) groups is 2. The first-order valence-electron chi connectivity index (χ1n) is 5.17. The highest BCUT2D eigenvalue weighted by atomic mass is 79.9. The molecule has 0 atom stereocenters. The van der Waals surface area contributed by atoms with Gasteiger partial charge in [0.15, 0.2) is 3.11 Å². The van der Waals surface area contributed by atoms with Gasteiger partial charge in [-0.2, -0.15) is 0 Å². The van der Waals surface area contributed by atoms with Crippen LogP contribution in [0.25, 0.3) is 0 Å². The molecule has 0 aromatic carbocycles. The molecular weight excluding hydrogens is 314 g/mol. The summed E-state index contributed by atoms with van der Waals surface area (Å²) in [6.07, 6.45) is 0. The Morgan fingerprint density at radius 1 is 1.00 bits per heavy atom. The molecule has 0 saturated carbocycles. The quantitative estimate of drug-likeness (QED) is 0.541. The van der Waals surface area contributed by atoms with Gasteiger partial charge in [0.1, 0.15) is 13.2 Å². The van der Waals surface area contributed by atoms with E-state index in [4.69, 9.17) is 14.2 Å². The maximum Gasteiger partial charge on any atom is 0.206 e. The highest BCUT2D eigenvalue weighted by Gasteiger charge is 2.47. The summed E-state index contributed by atoms with van der Waals surface area (Å²) in [5.74, 6) is 0. The number of rotatable bonds is 1. The first-order chi connectivity index (χ1) is 7.78. The topological polar surface area (TPSA) is 30.9 Å². The number of morpholine rings is 1. The van der Waals surface area contributed by atoms with Crippen LogP contribution >= 0.6 is 39.5 Å². The molecule has 3 aliphatic rings. The van der Waals surface area contributed by atoms with Gasteiger partial charge in [0.05, 0.1) is 13.2 Å². The summed E-state index contributed by atoms with van der Waals surface area (Å²) in [6.45, 7) is 4.76. The third-order valence-electron chi connectivity index (χ3n) is 2.54. The first kappa shape index (κ1) is 11.5. The molecule has 16 heavy (non-hydrogen) atoms. The molecule has 0 aromatic heterocycles. The van der Waals surface area contributed by atoms with Gasteiger partial charge in [-0.1, -0.05) is 0 Å². The van der Waals surface area contributed by atoms with E-state index in [2.05, 4.69) is 20.8 Å². The summed E-state index contributed by atoms with van der Waals surface area (Å²) in [5, 5.41) is 1.83. The molecule has 4 nitrogen and oxygen atoms in total. The summed E-state index contributed by atoms with van der Waals surface area (Å²) in [6, 6.07) is 0. The van der Waals surface area contributed by atoms with Crippen molar-refractivity contribution in [2.24, 2.45) is 0 Å². The highest BCUT2D eigenvalue weighted by Crippen LogP contribution is 2.60. The van der Waals surface area contributed by atoms with Gasteiger partial charge >= 0.3 is 0 Å². The lowest BCUT2D eigenvalue weighted by molar-refractivity contribution is 0.0403. The molecule has 3 heterocycles. The van der Waals surface area contributed by atoms with E-state index in [-0.39, 0.29) is 3.11 Å². The molecule has 0 spiro atoms. The number of halogens is 1. The van der Waals surface area contributed by atoms with E-state index in [9.17, 15) is 0 Å². The molecule has 7 heteroatoms. The minimum Gasteiger partial charge on any atom is -0.480 e. The standard InChI is InChI=1S/C9H12BrNO3S2/c10-9(11-1-3-12-4-2-11)15-7-8(16-9)14-6-5-13-7/h1-6H2. The molecule has 3 rings (SSSR count). The van der Waals surface area contributed by atoms with Crippen LogP contribution in [-0.4, -0.2) is 47.5 Å². The van der Waals surface area contributed by atoms with Crippen molar-refractivity contribution in [3.63, 3.8) is 0 Å². The third-order valence-corrected chi connectivity index (χ3v) is 6.64. The van der Waals surface area contributed by atoms with E-state index in [1.54, 1.807) is 23.5 Å². The minimum absolute atomic E-state index is 0.175. The zero-order valence-corrected chi connectivity index (χ0v) is 11.8. The lowest BCUT2D eigenvalue weighted by atomic mass is 10.5. The van der Waals surface area contributed by atoms with Crippen molar-refractivity contribution in [3.8, 4) is 0 Å². The average Bonchev–Trinajstić information content (AvgIpc) is 2.68. The van der Waals surface area contributed by atoms with Crippen LogP contribution in [0.3, 0.4) is 0 Å². The largest absolute Gasteiger partial charge is 0.480 e. The van der Waals surface area contributed by atoms with Crippen molar-refractivity contribution < 1.29 is 14.2 Å². The fourth-order valence-corrected chi connectivity index (χ4v) is 5.50. The van der Waals surface area contributed by atoms with E-state index in [0.29, 0.717) is 13.2 Å². The summed E-state index contributed by atoms with van der Waals surface area (Å²) < 4.78 is 16.4. The molecule has 1 fully saturated rings. The second-order valence-electron chi connectivity index (χ2n) is 3.58. The number of hydrogen-bond donors (Lipinski definition) is 0. The molecule has 0 amide bonds. The number of ether oxygens (including phenoxy) is 3. The predicted octanol–water partition coefficient (Wildman–Crippen LogP) is 1.98. The average molecular weight is 326 g/mol. The summed E-state index contributed by atoms with van der Waals surface area (Å²) in [4.78, 5) is 2.36. The van der Waals surface area contributed by atoms with Crippen LogP contribution in [-0.2, 0) is 14.2 Å². The van der Waals surface area contributed by atoms with Crippen molar-refractivity contribution in [3.05, 3.63) is 10.2 Å². The third kappa shape index (κ3) is 2.08. The number of alkyl halides is 1. The van der Waals surface area contributed by atoms with Crippen LogP contribution in [0, 0.1) is 0 Å². The van der Waals surface area contributed by atoms with Crippen LogP contribution in [0.1, 0.15) is 0 Å². The van der Waals surface area contributed by atoms with Crippen molar-refractivity contribution in [2.75, 3.05) is 39.5 Å². The van der Waals surface area contributed by atoms with Gasteiger partial charge in [0.25, 0.3) is 0 Å². The Morgan fingerprint density at radius 2 is 1.56 bits per heavy atom. The molecule has 0 N–H and O–H groups in total. The molecule has 0 radical (unpaired) electrons. The molecule has 0 aromatic rings. The second kappa shape index (κ2) is 4.61. The van der Waals surface area contributed by atoms with Gasteiger partial charge in [-0.25, -0.2) is 0 Å². The van der Waals surface area contributed by atoms with E-state index in [1.165, 1.54) is 0 Å². The normalized spacial score (nSPS) is 29.6. The van der Waals surface area contributed by atoms with Gasteiger partial charge < -0.3 is 14.2 Å². The van der Waals surface area contributed by atoms with E-state index in [1.807, 2.05) is 0 Å². The lowest BCUT2D eigenvalue weighted by Gasteiger charge is -2.36. The zero-order chi connectivity index (χ0) is 11.0. The van der Waals surface area contributed by atoms with E-state index in [0.717, 1.165) is 36.5 Å². The Kier molecular flexibility index (Phi) is 3.32. The summed E-state index contributed by atoms with van der Waals surface area (Å²) in [5.41, 5.74) is 0. The SMILES string of the molecule is BrC1(N2CCOCC2)SC2=C(OCCO2)S1.